The van der Waals surface area contributed by atoms with Gasteiger partial charge in [0, 0.05) is 24.2 Å². The molecule has 3 rings (SSSR count). The van der Waals surface area contributed by atoms with Gasteiger partial charge in [-0.15, -0.1) is 0 Å². The highest BCUT2D eigenvalue weighted by atomic mass is 15.2. The van der Waals surface area contributed by atoms with Gasteiger partial charge in [0.05, 0.1) is 0 Å². The molecule has 1 aromatic carbocycles. The normalized spacial score (nSPS) is 32.5. The van der Waals surface area contributed by atoms with Crippen molar-refractivity contribution in [3.8, 4) is 0 Å². The Kier molecular flexibility index (Phi) is 3.64. The highest BCUT2D eigenvalue weighted by molar-refractivity contribution is 5.25. The van der Waals surface area contributed by atoms with E-state index < -0.39 is 0 Å². The van der Waals surface area contributed by atoms with Crippen molar-refractivity contribution in [3.63, 3.8) is 0 Å². The first-order valence-corrected chi connectivity index (χ1v) is 7.78. The molecule has 0 aromatic heterocycles. The van der Waals surface area contributed by atoms with E-state index >= 15 is 0 Å². The lowest BCUT2D eigenvalue weighted by atomic mass is 9.92. The minimum Gasteiger partial charge on any atom is -0.328 e. The van der Waals surface area contributed by atoms with Crippen molar-refractivity contribution in [2.24, 2.45) is 5.73 Å². The second-order valence-electron chi connectivity index (χ2n) is 6.40. The zero-order valence-corrected chi connectivity index (χ0v) is 12.2. The summed E-state index contributed by atoms with van der Waals surface area (Å²) in [5.74, 6) is 0. The zero-order chi connectivity index (χ0) is 13.4. The van der Waals surface area contributed by atoms with E-state index in [4.69, 9.17) is 5.73 Å². The van der Waals surface area contributed by atoms with Crippen LogP contribution in [0, 0.1) is 6.92 Å². The highest BCUT2D eigenvalue weighted by Gasteiger charge is 2.42. The minimum atomic E-state index is 0.435. The van der Waals surface area contributed by atoms with Gasteiger partial charge in [0.1, 0.15) is 0 Å². The third-order valence-electron chi connectivity index (χ3n) is 5.03. The molecule has 0 saturated carbocycles. The molecular formula is C17H26N2. The molecule has 2 bridgehead atoms. The van der Waals surface area contributed by atoms with Crippen LogP contribution in [0.5, 0.6) is 0 Å². The molecule has 3 atom stereocenters. The molecule has 104 valence electrons. The van der Waals surface area contributed by atoms with E-state index in [0.717, 1.165) is 12.1 Å². The third-order valence-corrected chi connectivity index (χ3v) is 5.03. The van der Waals surface area contributed by atoms with E-state index in [1.165, 1.54) is 43.2 Å². The van der Waals surface area contributed by atoms with Crippen LogP contribution in [-0.2, 0) is 0 Å². The summed E-state index contributed by atoms with van der Waals surface area (Å²) in [6, 6.07) is 11.6. The number of hydrogen-bond donors (Lipinski definition) is 1. The number of nitrogens with two attached hydrogens (primary N) is 1. The van der Waals surface area contributed by atoms with Crippen molar-refractivity contribution in [3.05, 3.63) is 35.4 Å². The zero-order valence-electron chi connectivity index (χ0n) is 12.2. The average Bonchev–Trinajstić information content (AvgIpc) is 2.66. The first-order chi connectivity index (χ1) is 9.19. The number of fused-ring (bicyclic) bond motifs is 2. The van der Waals surface area contributed by atoms with Gasteiger partial charge in [-0.05, 0) is 44.6 Å². The Labute approximate surface area is 117 Å². The van der Waals surface area contributed by atoms with Gasteiger partial charge in [-0.1, -0.05) is 36.8 Å². The summed E-state index contributed by atoms with van der Waals surface area (Å²) in [6.07, 6.45) is 6.28. The van der Waals surface area contributed by atoms with Gasteiger partial charge >= 0.3 is 0 Å². The van der Waals surface area contributed by atoms with Crippen LogP contribution in [0.15, 0.2) is 24.3 Å². The van der Waals surface area contributed by atoms with Crippen molar-refractivity contribution >= 4 is 0 Å². The lowest BCUT2D eigenvalue weighted by molar-refractivity contribution is 0.0746. The largest absolute Gasteiger partial charge is 0.328 e. The van der Waals surface area contributed by atoms with Crippen LogP contribution in [0.3, 0.4) is 0 Å². The quantitative estimate of drug-likeness (QED) is 0.900. The van der Waals surface area contributed by atoms with Crippen molar-refractivity contribution in [2.75, 3.05) is 0 Å². The van der Waals surface area contributed by atoms with Crippen molar-refractivity contribution in [2.45, 2.75) is 70.1 Å². The summed E-state index contributed by atoms with van der Waals surface area (Å²) in [5.41, 5.74) is 9.03. The van der Waals surface area contributed by atoms with Crippen LogP contribution >= 0.6 is 0 Å². The van der Waals surface area contributed by atoms with E-state index in [1.54, 1.807) is 0 Å². The lowest BCUT2D eigenvalue weighted by Crippen LogP contribution is -2.48. The fraction of sp³-hybridized carbons (Fsp3) is 0.647. The molecule has 2 saturated heterocycles. The molecule has 2 aliphatic heterocycles. The predicted octanol–water partition coefficient (Wildman–Crippen LogP) is 3.40. The van der Waals surface area contributed by atoms with Gasteiger partial charge < -0.3 is 5.73 Å². The molecule has 0 radical (unpaired) electrons. The Bertz CT molecular complexity index is 411. The third kappa shape index (κ3) is 2.44. The Morgan fingerprint density at radius 1 is 1.16 bits per heavy atom. The summed E-state index contributed by atoms with van der Waals surface area (Å²) < 4.78 is 0. The lowest BCUT2D eigenvalue weighted by Gasteiger charge is -2.43. The van der Waals surface area contributed by atoms with Gasteiger partial charge in [-0.2, -0.15) is 0 Å². The molecule has 2 N–H and O–H groups in total. The molecule has 1 aromatic rings. The monoisotopic (exact) mass is 258 g/mol. The molecular weight excluding hydrogens is 232 g/mol. The molecule has 2 heterocycles. The van der Waals surface area contributed by atoms with Crippen LogP contribution in [-0.4, -0.2) is 23.0 Å². The molecule has 0 amide bonds. The molecule has 2 nitrogen and oxygen atoms in total. The van der Waals surface area contributed by atoms with Gasteiger partial charge in [0.25, 0.3) is 0 Å². The second kappa shape index (κ2) is 5.26. The van der Waals surface area contributed by atoms with Gasteiger partial charge in [0.15, 0.2) is 0 Å². The van der Waals surface area contributed by atoms with Crippen LogP contribution in [0.2, 0.25) is 0 Å². The standard InChI is InChI=1S/C17H26N2/c1-3-17(13-6-4-12(2)5-7-13)19-15-8-9-16(19)11-14(18)10-15/h4-7,14-17H,3,8-11,18H2,1-2H3. The fourth-order valence-corrected chi connectivity index (χ4v) is 4.17. The van der Waals surface area contributed by atoms with Crippen molar-refractivity contribution in [1.82, 2.24) is 4.90 Å². The first-order valence-electron chi connectivity index (χ1n) is 7.78. The smallest absolute Gasteiger partial charge is 0.0351 e. The van der Waals surface area contributed by atoms with Gasteiger partial charge in [-0.3, -0.25) is 4.90 Å². The Morgan fingerprint density at radius 2 is 1.74 bits per heavy atom. The average molecular weight is 258 g/mol. The number of nitrogens with zero attached hydrogens (tertiary/aromatic N) is 1. The number of aryl methyl sites for hydroxylation is 1. The number of piperidine rings is 1. The summed E-state index contributed by atoms with van der Waals surface area (Å²) in [4.78, 5) is 2.79. The number of rotatable bonds is 3. The molecule has 19 heavy (non-hydrogen) atoms. The Hall–Kier alpha value is -0.860. The van der Waals surface area contributed by atoms with Crippen LogP contribution < -0.4 is 5.73 Å². The molecule has 0 aliphatic carbocycles. The summed E-state index contributed by atoms with van der Waals surface area (Å²) in [6.45, 7) is 4.48. The SMILES string of the molecule is CCC(c1ccc(C)cc1)N1C2CCC1CC(N)C2. The van der Waals surface area contributed by atoms with E-state index in [9.17, 15) is 0 Å². The highest BCUT2D eigenvalue weighted by Crippen LogP contribution is 2.42. The van der Waals surface area contributed by atoms with Crippen LogP contribution in [0.1, 0.15) is 56.2 Å². The fourth-order valence-electron chi connectivity index (χ4n) is 4.17. The molecule has 2 aliphatic rings. The molecule has 2 fully saturated rings. The second-order valence-corrected chi connectivity index (χ2v) is 6.40. The minimum absolute atomic E-state index is 0.435. The van der Waals surface area contributed by atoms with E-state index in [1.807, 2.05) is 0 Å². The van der Waals surface area contributed by atoms with E-state index in [2.05, 4.69) is 43.0 Å². The molecule has 3 unspecified atom stereocenters. The van der Waals surface area contributed by atoms with E-state index in [0.29, 0.717) is 12.1 Å². The van der Waals surface area contributed by atoms with Crippen LogP contribution in [0.25, 0.3) is 0 Å². The first kappa shape index (κ1) is 13.1. The van der Waals surface area contributed by atoms with Crippen LogP contribution in [0.4, 0.5) is 0 Å². The number of benzene rings is 1. The molecule has 2 heteroatoms. The predicted molar refractivity (Wildman–Crippen MR) is 80.1 cm³/mol. The summed E-state index contributed by atoms with van der Waals surface area (Å²) >= 11 is 0. The Morgan fingerprint density at radius 3 is 2.26 bits per heavy atom. The van der Waals surface area contributed by atoms with Gasteiger partial charge in [0.2, 0.25) is 0 Å². The maximum atomic E-state index is 6.19. The summed E-state index contributed by atoms with van der Waals surface area (Å²) in [5, 5.41) is 0. The molecule has 0 spiro atoms. The Balaban J connectivity index is 1.85. The topological polar surface area (TPSA) is 29.3 Å². The van der Waals surface area contributed by atoms with E-state index in [-0.39, 0.29) is 0 Å². The maximum absolute atomic E-state index is 6.19. The maximum Gasteiger partial charge on any atom is 0.0351 e. The summed E-state index contributed by atoms with van der Waals surface area (Å²) in [7, 11) is 0. The number of hydrogen-bond acceptors (Lipinski definition) is 2. The van der Waals surface area contributed by atoms with Crippen molar-refractivity contribution < 1.29 is 0 Å². The van der Waals surface area contributed by atoms with Crippen molar-refractivity contribution in [1.29, 1.82) is 0 Å². The van der Waals surface area contributed by atoms with Gasteiger partial charge in [-0.25, -0.2) is 0 Å².